The molecule has 0 saturated carbocycles. The highest BCUT2D eigenvalue weighted by molar-refractivity contribution is 7.86. The van der Waals surface area contributed by atoms with Gasteiger partial charge in [-0.3, -0.25) is 0 Å². The Morgan fingerprint density at radius 1 is 1.47 bits per heavy atom. The first kappa shape index (κ1) is 11.8. The average molecular weight is 251 g/mol. The molecule has 0 amide bonds. The maximum Gasteiger partial charge on any atom is 0.335 e. The molecule has 0 saturated heterocycles. The van der Waals surface area contributed by atoms with Gasteiger partial charge in [-0.25, -0.2) is 4.79 Å². The number of carboxylic acid groups (broad SMARTS) is 1. The first-order valence-electron chi connectivity index (χ1n) is 3.72. The molecule has 5 nitrogen and oxygen atoms in total. The molecule has 82 valence electrons. The molecule has 1 rings (SSSR count). The van der Waals surface area contributed by atoms with Gasteiger partial charge in [0.2, 0.25) is 0 Å². The summed E-state index contributed by atoms with van der Waals surface area (Å²) in [6, 6.07) is 3.51. The van der Waals surface area contributed by atoms with E-state index in [-0.39, 0.29) is 16.3 Å². The van der Waals surface area contributed by atoms with E-state index in [4.69, 9.17) is 16.7 Å². The molecule has 0 aliphatic rings. The van der Waals surface area contributed by atoms with Crippen LogP contribution in [0.15, 0.2) is 18.2 Å². The number of hydrogen-bond donors (Lipinski definition) is 1. The maximum atomic E-state index is 10.8. The van der Waals surface area contributed by atoms with E-state index in [9.17, 15) is 13.2 Å². The molecule has 0 aliphatic carbocycles. The summed E-state index contributed by atoms with van der Waals surface area (Å²) < 4.78 is 26.1. The zero-order chi connectivity index (χ0) is 11.6. The molecule has 0 aromatic heterocycles. The zero-order valence-electron chi connectivity index (χ0n) is 7.60. The summed E-state index contributed by atoms with van der Waals surface area (Å²) in [4.78, 5) is 10.5. The minimum Gasteiger partial charge on any atom is -0.478 e. The Morgan fingerprint density at radius 2 is 2.07 bits per heavy atom. The van der Waals surface area contributed by atoms with Gasteiger partial charge in [-0.2, -0.15) is 8.42 Å². The Kier molecular flexibility index (Phi) is 3.21. The minimum absolute atomic E-state index is 0.0409. The van der Waals surface area contributed by atoms with Crippen LogP contribution in [0.5, 0.6) is 5.75 Å². The lowest BCUT2D eigenvalue weighted by Gasteiger charge is -2.05. The van der Waals surface area contributed by atoms with Gasteiger partial charge in [-0.1, -0.05) is 11.6 Å². The third-order valence-electron chi connectivity index (χ3n) is 1.42. The molecule has 0 radical (unpaired) electrons. The lowest BCUT2D eigenvalue weighted by atomic mass is 10.2. The molecule has 0 heterocycles. The van der Waals surface area contributed by atoms with Gasteiger partial charge >= 0.3 is 16.1 Å². The number of benzene rings is 1. The third kappa shape index (κ3) is 3.41. The first-order chi connectivity index (χ1) is 6.79. The Balaban J connectivity index is 3.09. The van der Waals surface area contributed by atoms with Crippen molar-refractivity contribution >= 4 is 27.7 Å². The smallest absolute Gasteiger partial charge is 0.335 e. The summed E-state index contributed by atoms with van der Waals surface area (Å²) in [5, 5.41) is 8.55. The predicted octanol–water partition coefficient (Wildman–Crippen LogP) is 1.38. The highest BCUT2D eigenvalue weighted by atomic mass is 35.5. The highest BCUT2D eigenvalue weighted by Gasteiger charge is 2.11. The second-order valence-electron chi connectivity index (χ2n) is 2.74. The van der Waals surface area contributed by atoms with Gasteiger partial charge in [0.15, 0.2) is 5.75 Å². The van der Waals surface area contributed by atoms with E-state index in [2.05, 4.69) is 4.18 Å². The van der Waals surface area contributed by atoms with Crippen LogP contribution >= 0.6 is 11.6 Å². The first-order valence-corrected chi connectivity index (χ1v) is 5.91. The summed E-state index contributed by atoms with van der Waals surface area (Å²) >= 11 is 5.63. The fourth-order valence-corrected chi connectivity index (χ4v) is 1.60. The lowest BCUT2D eigenvalue weighted by Crippen LogP contribution is -2.06. The van der Waals surface area contributed by atoms with Crippen LogP contribution in [0, 0.1) is 0 Å². The molecule has 1 N–H and O–H groups in total. The molecule has 0 spiro atoms. The third-order valence-corrected chi connectivity index (χ3v) is 2.20. The van der Waals surface area contributed by atoms with Crippen molar-refractivity contribution in [1.29, 1.82) is 0 Å². The number of carboxylic acids is 1. The van der Waals surface area contributed by atoms with E-state index in [0.29, 0.717) is 0 Å². The molecular formula is C8H7ClO5S. The summed E-state index contributed by atoms with van der Waals surface area (Å²) in [5.74, 6) is -1.24. The predicted molar refractivity (Wildman–Crippen MR) is 53.9 cm³/mol. The Hall–Kier alpha value is -1.27. The van der Waals surface area contributed by atoms with Crippen molar-refractivity contribution < 1.29 is 22.5 Å². The Morgan fingerprint density at radius 3 is 2.47 bits per heavy atom. The van der Waals surface area contributed by atoms with Crippen molar-refractivity contribution in [2.24, 2.45) is 0 Å². The van der Waals surface area contributed by atoms with Crippen LogP contribution in [0.1, 0.15) is 10.4 Å². The van der Waals surface area contributed by atoms with Crippen LogP contribution in [0.3, 0.4) is 0 Å². The van der Waals surface area contributed by atoms with E-state index in [1.54, 1.807) is 0 Å². The van der Waals surface area contributed by atoms with Crippen molar-refractivity contribution in [2.45, 2.75) is 0 Å². The van der Waals surface area contributed by atoms with E-state index in [0.717, 1.165) is 12.3 Å². The molecule has 15 heavy (non-hydrogen) atoms. The van der Waals surface area contributed by atoms with Crippen molar-refractivity contribution in [3.63, 3.8) is 0 Å². The van der Waals surface area contributed by atoms with Gasteiger partial charge in [-0.05, 0) is 18.2 Å². The highest BCUT2D eigenvalue weighted by Crippen LogP contribution is 2.26. The number of carbonyl (C=O) groups is 1. The fourth-order valence-electron chi connectivity index (χ4n) is 0.865. The van der Waals surface area contributed by atoms with Crippen LogP contribution in [-0.4, -0.2) is 25.7 Å². The standard InChI is InChI=1S/C8H7ClO5S/c1-15(12,13)14-7-3-2-5(8(10)11)4-6(7)9/h2-4H,1H3,(H,10,11). The maximum absolute atomic E-state index is 10.8. The number of halogens is 1. The van der Waals surface area contributed by atoms with Gasteiger partial charge in [-0.15, -0.1) is 0 Å². The van der Waals surface area contributed by atoms with Crippen LogP contribution in [0.4, 0.5) is 0 Å². The largest absolute Gasteiger partial charge is 0.478 e. The Bertz CT molecular complexity index is 494. The molecular weight excluding hydrogens is 244 g/mol. The summed E-state index contributed by atoms with van der Waals surface area (Å²) in [6.07, 6.45) is 0.869. The van der Waals surface area contributed by atoms with Gasteiger partial charge in [0.05, 0.1) is 16.8 Å². The summed E-state index contributed by atoms with van der Waals surface area (Å²) in [6.45, 7) is 0. The molecule has 1 aromatic carbocycles. The SMILES string of the molecule is CS(=O)(=O)Oc1ccc(C(=O)O)cc1Cl. The number of aromatic carboxylic acids is 1. The van der Waals surface area contributed by atoms with Crippen molar-refractivity contribution in [1.82, 2.24) is 0 Å². The lowest BCUT2D eigenvalue weighted by molar-refractivity contribution is 0.0697. The van der Waals surface area contributed by atoms with Crippen LogP contribution < -0.4 is 4.18 Å². The van der Waals surface area contributed by atoms with Gasteiger partial charge < -0.3 is 9.29 Å². The summed E-state index contributed by atoms with van der Waals surface area (Å²) in [5.41, 5.74) is -0.0409. The molecule has 0 atom stereocenters. The monoisotopic (exact) mass is 250 g/mol. The van der Waals surface area contributed by atoms with Crippen molar-refractivity contribution in [2.75, 3.05) is 6.26 Å². The van der Waals surface area contributed by atoms with Gasteiger partial charge in [0.25, 0.3) is 0 Å². The second kappa shape index (κ2) is 4.08. The number of rotatable bonds is 3. The van der Waals surface area contributed by atoms with Crippen molar-refractivity contribution in [3.8, 4) is 5.75 Å². The number of hydrogen-bond acceptors (Lipinski definition) is 4. The second-order valence-corrected chi connectivity index (χ2v) is 4.72. The van der Waals surface area contributed by atoms with E-state index in [1.165, 1.54) is 12.1 Å². The van der Waals surface area contributed by atoms with E-state index < -0.39 is 16.1 Å². The molecule has 1 aromatic rings. The quantitative estimate of drug-likeness (QED) is 0.820. The fraction of sp³-hybridized carbons (Fsp3) is 0.125. The van der Waals surface area contributed by atoms with Gasteiger partial charge in [0, 0.05) is 0 Å². The van der Waals surface area contributed by atoms with Crippen molar-refractivity contribution in [3.05, 3.63) is 28.8 Å². The molecule has 0 bridgehead atoms. The Labute approximate surface area is 91.4 Å². The van der Waals surface area contributed by atoms with E-state index >= 15 is 0 Å². The topological polar surface area (TPSA) is 80.7 Å². The summed E-state index contributed by atoms with van der Waals surface area (Å²) in [7, 11) is -3.66. The normalized spacial score (nSPS) is 11.1. The van der Waals surface area contributed by atoms with Crippen LogP contribution in [0.2, 0.25) is 5.02 Å². The molecule has 7 heteroatoms. The molecule has 0 aliphatic heterocycles. The molecule has 0 unspecified atom stereocenters. The minimum atomic E-state index is -3.66. The zero-order valence-corrected chi connectivity index (χ0v) is 9.17. The van der Waals surface area contributed by atoms with Crippen LogP contribution in [-0.2, 0) is 10.1 Å². The van der Waals surface area contributed by atoms with E-state index in [1.807, 2.05) is 0 Å². The average Bonchev–Trinajstić information content (AvgIpc) is 2.05. The van der Waals surface area contributed by atoms with Gasteiger partial charge in [0.1, 0.15) is 0 Å². The molecule has 0 fully saturated rings. The van der Waals surface area contributed by atoms with Crippen LogP contribution in [0.25, 0.3) is 0 Å².